The van der Waals surface area contributed by atoms with Crippen molar-refractivity contribution in [3.05, 3.63) is 0 Å². The number of hydrogen-bond acceptors (Lipinski definition) is 3. The van der Waals surface area contributed by atoms with Gasteiger partial charge in [0.2, 0.25) is 10.0 Å². The normalized spacial score (nSPS) is 12.8. The van der Waals surface area contributed by atoms with Gasteiger partial charge in [0.15, 0.2) is 0 Å². The van der Waals surface area contributed by atoms with Crippen LogP contribution in [0.15, 0.2) is 0 Å². The summed E-state index contributed by atoms with van der Waals surface area (Å²) < 4.78 is 24.8. The van der Waals surface area contributed by atoms with E-state index in [0.29, 0.717) is 0 Å². The molecule has 0 rings (SSSR count). The summed E-state index contributed by atoms with van der Waals surface area (Å²) in [6.45, 7) is 5.39. The number of nitrogens with one attached hydrogen (secondary N) is 2. The Kier molecular flexibility index (Phi) is 3.87. The molecule has 13 heavy (non-hydrogen) atoms. The maximum Gasteiger partial charge on any atom is 0.212 e. The lowest BCUT2D eigenvalue weighted by atomic mass is 10.0. The van der Waals surface area contributed by atoms with Crippen LogP contribution in [0.5, 0.6) is 0 Å². The van der Waals surface area contributed by atoms with Crippen LogP contribution in [0.1, 0.15) is 20.8 Å². The van der Waals surface area contributed by atoms with Crippen LogP contribution >= 0.6 is 0 Å². The van der Waals surface area contributed by atoms with Crippen LogP contribution in [0.3, 0.4) is 0 Å². The summed E-state index contributed by atoms with van der Waals surface area (Å²) in [6, 6.07) is 0. The summed E-state index contributed by atoms with van der Waals surface area (Å²) in [5.74, 6) is -0.148. The topological polar surface area (TPSA) is 96.0 Å². The Hall–Kier alpha value is -0.620. The minimum atomic E-state index is -3.31. The molecule has 0 aliphatic heterocycles. The van der Waals surface area contributed by atoms with E-state index in [1.807, 2.05) is 20.8 Å². The minimum absolute atomic E-state index is 0.0350. The van der Waals surface area contributed by atoms with Gasteiger partial charge >= 0.3 is 0 Å². The summed E-state index contributed by atoms with van der Waals surface area (Å²) in [7, 11) is -3.31. The Morgan fingerprint density at radius 2 is 1.92 bits per heavy atom. The third-order valence-electron chi connectivity index (χ3n) is 1.11. The molecule has 6 heteroatoms. The molecule has 0 aromatic rings. The summed E-state index contributed by atoms with van der Waals surface area (Å²) in [6.07, 6.45) is 0. The van der Waals surface area contributed by atoms with E-state index in [2.05, 4.69) is 4.72 Å². The summed E-state index contributed by atoms with van der Waals surface area (Å²) in [5, 5.41) is 6.86. The molecule has 0 aliphatic carbocycles. The largest absolute Gasteiger partial charge is 0.387 e. The Morgan fingerprint density at radius 3 is 2.23 bits per heavy atom. The summed E-state index contributed by atoms with van der Waals surface area (Å²) in [5.41, 5.74) is 4.73. The third kappa shape index (κ3) is 7.73. The maximum atomic E-state index is 11.3. The van der Waals surface area contributed by atoms with E-state index in [-0.39, 0.29) is 23.5 Å². The van der Waals surface area contributed by atoms with Gasteiger partial charge in [-0.2, -0.15) is 0 Å². The van der Waals surface area contributed by atoms with E-state index in [4.69, 9.17) is 11.1 Å². The van der Waals surface area contributed by atoms with Crippen LogP contribution in [0.2, 0.25) is 0 Å². The van der Waals surface area contributed by atoms with E-state index in [0.717, 1.165) is 0 Å². The lowest BCUT2D eigenvalue weighted by Crippen LogP contribution is -2.37. The van der Waals surface area contributed by atoms with Gasteiger partial charge in [-0.3, -0.25) is 5.41 Å². The average molecular weight is 207 g/mol. The van der Waals surface area contributed by atoms with Crippen LogP contribution in [0.4, 0.5) is 0 Å². The molecular weight excluding hydrogens is 190 g/mol. The van der Waals surface area contributed by atoms with Crippen LogP contribution < -0.4 is 10.5 Å². The molecule has 78 valence electrons. The van der Waals surface area contributed by atoms with E-state index in [1.165, 1.54) is 0 Å². The summed E-state index contributed by atoms with van der Waals surface area (Å²) >= 11 is 0. The molecule has 0 aromatic carbocycles. The Labute approximate surface area is 79.3 Å². The molecule has 5 nitrogen and oxygen atoms in total. The van der Waals surface area contributed by atoms with Crippen LogP contribution in [-0.4, -0.2) is 26.6 Å². The highest BCUT2D eigenvalue weighted by atomic mass is 32.2. The predicted octanol–water partition coefficient (Wildman–Crippen LogP) is -0.112. The van der Waals surface area contributed by atoms with Crippen molar-refractivity contribution >= 4 is 15.9 Å². The van der Waals surface area contributed by atoms with Crippen molar-refractivity contribution in [2.45, 2.75) is 20.8 Å². The first-order chi connectivity index (χ1) is 5.62. The first-order valence-corrected chi connectivity index (χ1v) is 5.58. The minimum Gasteiger partial charge on any atom is -0.387 e. The molecule has 0 saturated carbocycles. The second-order valence-corrected chi connectivity index (χ2v) is 5.97. The fourth-order valence-electron chi connectivity index (χ4n) is 0.809. The molecule has 0 unspecified atom stereocenters. The lowest BCUT2D eigenvalue weighted by Gasteiger charge is -2.17. The molecule has 0 heterocycles. The molecule has 0 aromatic heterocycles. The highest BCUT2D eigenvalue weighted by Gasteiger charge is 2.20. The zero-order valence-electron chi connectivity index (χ0n) is 8.22. The van der Waals surface area contributed by atoms with E-state index in [9.17, 15) is 8.42 Å². The van der Waals surface area contributed by atoms with Gasteiger partial charge in [-0.25, -0.2) is 13.1 Å². The van der Waals surface area contributed by atoms with Crippen molar-refractivity contribution in [3.8, 4) is 0 Å². The van der Waals surface area contributed by atoms with Gasteiger partial charge in [0.05, 0.1) is 12.3 Å². The molecule has 0 atom stereocenters. The molecule has 0 saturated heterocycles. The smallest absolute Gasteiger partial charge is 0.212 e. The fourth-order valence-corrected chi connectivity index (χ4v) is 2.43. The second-order valence-electron chi connectivity index (χ2n) is 4.17. The van der Waals surface area contributed by atoms with Gasteiger partial charge in [0.25, 0.3) is 0 Å². The van der Waals surface area contributed by atoms with Crippen molar-refractivity contribution in [2.75, 3.05) is 12.3 Å². The molecule has 4 N–H and O–H groups in total. The molecular formula is C7H17N3O2S. The van der Waals surface area contributed by atoms with Crippen LogP contribution in [0.25, 0.3) is 0 Å². The monoisotopic (exact) mass is 207 g/mol. The zero-order chi connectivity index (χ0) is 10.7. The molecule has 0 radical (unpaired) electrons. The lowest BCUT2D eigenvalue weighted by molar-refractivity contribution is 0.459. The predicted molar refractivity (Wildman–Crippen MR) is 53.2 cm³/mol. The van der Waals surface area contributed by atoms with Gasteiger partial charge < -0.3 is 5.73 Å². The van der Waals surface area contributed by atoms with Gasteiger partial charge in [0, 0.05) is 0 Å². The Balaban J connectivity index is 4.19. The molecule has 0 amide bonds. The quantitative estimate of drug-likeness (QED) is 0.443. The SMILES string of the molecule is CC(C)(C)CS(=O)(=O)NCC(=N)N. The van der Waals surface area contributed by atoms with Gasteiger partial charge in [-0.1, -0.05) is 20.8 Å². The fraction of sp³-hybridized carbons (Fsp3) is 0.857. The van der Waals surface area contributed by atoms with Crippen LogP contribution in [-0.2, 0) is 10.0 Å². The van der Waals surface area contributed by atoms with E-state index in [1.54, 1.807) is 0 Å². The molecule has 0 spiro atoms. The third-order valence-corrected chi connectivity index (χ3v) is 2.94. The zero-order valence-corrected chi connectivity index (χ0v) is 9.03. The molecule has 0 aliphatic rings. The highest BCUT2D eigenvalue weighted by Crippen LogP contribution is 2.14. The van der Waals surface area contributed by atoms with E-state index >= 15 is 0 Å². The Bertz CT molecular complexity index is 277. The van der Waals surface area contributed by atoms with E-state index < -0.39 is 10.0 Å². The molecule has 0 fully saturated rings. The van der Waals surface area contributed by atoms with Crippen molar-refractivity contribution < 1.29 is 8.42 Å². The second kappa shape index (κ2) is 4.06. The number of amidine groups is 1. The van der Waals surface area contributed by atoms with Crippen molar-refractivity contribution in [1.29, 1.82) is 5.41 Å². The number of sulfonamides is 1. The molecule has 0 bridgehead atoms. The van der Waals surface area contributed by atoms with Gasteiger partial charge in [0.1, 0.15) is 5.84 Å². The average Bonchev–Trinajstić information content (AvgIpc) is 1.78. The maximum absolute atomic E-state index is 11.3. The highest BCUT2D eigenvalue weighted by molar-refractivity contribution is 7.89. The van der Waals surface area contributed by atoms with Crippen LogP contribution in [0, 0.1) is 10.8 Å². The standard InChI is InChI=1S/C7H17N3O2S/c1-7(2,3)5-13(11,12)10-4-6(8)9/h10H,4-5H2,1-3H3,(H3,8,9). The number of rotatable bonds is 4. The van der Waals surface area contributed by atoms with Gasteiger partial charge in [-0.15, -0.1) is 0 Å². The van der Waals surface area contributed by atoms with Crippen molar-refractivity contribution in [3.63, 3.8) is 0 Å². The first kappa shape index (κ1) is 12.4. The first-order valence-electron chi connectivity index (χ1n) is 3.93. The summed E-state index contributed by atoms with van der Waals surface area (Å²) in [4.78, 5) is 0. The van der Waals surface area contributed by atoms with Crippen molar-refractivity contribution in [2.24, 2.45) is 11.1 Å². The van der Waals surface area contributed by atoms with Crippen molar-refractivity contribution in [1.82, 2.24) is 4.72 Å². The number of nitrogens with two attached hydrogens (primary N) is 1. The number of hydrogen-bond donors (Lipinski definition) is 3. The van der Waals surface area contributed by atoms with Gasteiger partial charge in [-0.05, 0) is 5.41 Å². The Morgan fingerprint density at radius 1 is 1.46 bits per heavy atom.